The molecule has 0 aromatic heterocycles. The molecule has 0 amide bonds. The predicted molar refractivity (Wildman–Crippen MR) is 73.5 cm³/mol. The molecular weight excluding hydrogens is 191 g/mol. The summed E-state index contributed by atoms with van der Waals surface area (Å²) in [6.45, 7) is 6.98. The van der Waals surface area contributed by atoms with Crippen molar-refractivity contribution in [3.63, 3.8) is 0 Å². The van der Waals surface area contributed by atoms with Gasteiger partial charge in [-0.1, -0.05) is 58.6 Å². The van der Waals surface area contributed by atoms with Gasteiger partial charge in [-0.25, -0.2) is 0 Å². The van der Waals surface area contributed by atoms with Gasteiger partial charge in [-0.15, -0.1) is 12.0 Å². The summed E-state index contributed by atoms with van der Waals surface area (Å²) in [5.41, 5.74) is 5.57. The van der Waals surface area contributed by atoms with Gasteiger partial charge in [0.15, 0.2) is 0 Å². The summed E-state index contributed by atoms with van der Waals surface area (Å²) >= 11 is 0. The van der Waals surface area contributed by atoms with Crippen LogP contribution in [0.4, 0.5) is 0 Å². The average molecular weight is 208 g/mol. The highest BCUT2D eigenvalue weighted by Gasteiger charge is 2.15. The van der Waals surface area contributed by atoms with Crippen LogP contribution in [0.2, 0.25) is 0 Å². The third-order valence-electron chi connectivity index (χ3n) is 3.04. The Morgan fingerprint density at radius 3 is 1.75 bits per heavy atom. The van der Waals surface area contributed by atoms with Crippen LogP contribution >= 0.6 is 0 Å². The molecule has 1 aliphatic rings. The molecule has 0 saturated heterocycles. The molecule has 80 valence electrons. The zero-order chi connectivity index (χ0) is 11.5. The van der Waals surface area contributed by atoms with E-state index in [-0.39, 0.29) is 0 Å². The zero-order valence-electron chi connectivity index (χ0n) is 10.2. The van der Waals surface area contributed by atoms with Crippen LogP contribution in [-0.4, -0.2) is 6.71 Å². The van der Waals surface area contributed by atoms with Crippen molar-refractivity contribution in [3.8, 4) is 0 Å². The van der Waals surface area contributed by atoms with Crippen molar-refractivity contribution in [1.29, 1.82) is 0 Å². The molecule has 2 rings (SSSR count). The second-order valence-electron chi connectivity index (χ2n) is 4.49. The van der Waals surface area contributed by atoms with E-state index < -0.39 is 0 Å². The number of aryl methyl sites for hydroxylation is 3. The first kappa shape index (κ1) is 11.0. The summed E-state index contributed by atoms with van der Waals surface area (Å²) < 4.78 is 0. The fourth-order valence-corrected chi connectivity index (χ4v) is 2.47. The molecule has 0 fully saturated rings. The molecule has 16 heavy (non-hydrogen) atoms. The van der Waals surface area contributed by atoms with E-state index in [1.165, 1.54) is 22.2 Å². The Bertz CT molecular complexity index is 439. The summed E-state index contributed by atoms with van der Waals surface area (Å²) in [6, 6.07) is 4.53. The Morgan fingerprint density at radius 1 is 0.750 bits per heavy atom. The van der Waals surface area contributed by atoms with Gasteiger partial charge >= 0.3 is 0 Å². The van der Waals surface area contributed by atoms with E-state index >= 15 is 0 Å². The summed E-state index contributed by atoms with van der Waals surface area (Å²) in [6.07, 6.45) is 8.41. The standard InChI is InChI=1S/C15H17B/c1-12-10-13(2)15(14(3)11-12)16-8-6-4-5-7-9-16/h4-11H,1-3H3. The lowest BCUT2D eigenvalue weighted by molar-refractivity contribution is 1.35. The number of hydrogen-bond acceptors (Lipinski definition) is 0. The topological polar surface area (TPSA) is 0 Å². The molecule has 0 bridgehead atoms. The molecule has 0 radical (unpaired) electrons. The molecule has 0 saturated carbocycles. The van der Waals surface area contributed by atoms with Gasteiger partial charge < -0.3 is 0 Å². The molecule has 0 aliphatic carbocycles. The molecule has 0 N–H and O–H groups in total. The highest BCUT2D eigenvalue weighted by atomic mass is 14.0. The van der Waals surface area contributed by atoms with E-state index in [0.717, 1.165) is 0 Å². The van der Waals surface area contributed by atoms with Gasteiger partial charge in [0.2, 0.25) is 6.71 Å². The van der Waals surface area contributed by atoms with Crippen LogP contribution in [-0.2, 0) is 0 Å². The molecule has 0 nitrogen and oxygen atoms in total. The van der Waals surface area contributed by atoms with Crippen molar-refractivity contribution in [2.75, 3.05) is 0 Å². The van der Waals surface area contributed by atoms with E-state index in [4.69, 9.17) is 0 Å². The fraction of sp³-hybridized carbons (Fsp3) is 0.200. The van der Waals surface area contributed by atoms with Crippen molar-refractivity contribution in [2.24, 2.45) is 0 Å². The van der Waals surface area contributed by atoms with Gasteiger partial charge in [0.25, 0.3) is 0 Å². The lowest BCUT2D eigenvalue weighted by atomic mass is 9.43. The maximum absolute atomic E-state index is 2.27. The van der Waals surface area contributed by atoms with Crippen molar-refractivity contribution in [1.82, 2.24) is 0 Å². The lowest BCUT2D eigenvalue weighted by Crippen LogP contribution is -2.31. The van der Waals surface area contributed by atoms with Gasteiger partial charge in [-0.2, -0.15) is 0 Å². The maximum atomic E-state index is 2.27. The van der Waals surface area contributed by atoms with E-state index in [1.807, 2.05) is 0 Å². The summed E-state index contributed by atoms with van der Waals surface area (Å²) in [4.78, 5) is 0. The van der Waals surface area contributed by atoms with Gasteiger partial charge in [0.1, 0.15) is 0 Å². The fourth-order valence-electron chi connectivity index (χ4n) is 2.47. The highest BCUT2D eigenvalue weighted by Crippen LogP contribution is 2.09. The van der Waals surface area contributed by atoms with E-state index in [2.05, 4.69) is 69.2 Å². The number of rotatable bonds is 1. The molecule has 0 spiro atoms. The van der Waals surface area contributed by atoms with Crippen LogP contribution in [0.1, 0.15) is 16.7 Å². The molecule has 1 heterocycles. The minimum atomic E-state index is 0.413. The normalized spacial score (nSPS) is 14.3. The van der Waals surface area contributed by atoms with Crippen LogP contribution in [0.3, 0.4) is 0 Å². The molecule has 1 aliphatic heterocycles. The van der Waals surface area contributed by atoms with Crippen molar-refractivity contribution < 1.29 is 0 Å². The maximum Gasteiger partial charge on any atom is 0.227 e. The van der Waals surface area contributed by atoms with Crippen molar-refractivity contribution >= 4 is 12.2 Å². The molecule has 1 aromatic carbocycles. The smallest absolute Gasteiger partial charge is 0.106 e. The second-order valence-corrected chi connectivity index (χ2v) is 4.49. The SMILES string of the molecule is Cc1cc(C)c(B2C=CC=CC=C2)c(C)c1. The molecule has 1 aromatic rings. The summed E-state index contributed by atoms with van der Waals surface area (Å²) in [5, 5.41) is 0. The van der Waals surface area contributed by atoms with Crippen LogP contribution in [0.25, 0.3) is 0 Å². The van der Waals surface area contributed by atoms with Crippen LogP contribution in [0.5, 0.6) is 0 Å². The van der Waals surface area contributed by atoms with Gasteiger partial charge in [0.05, 0.1) is 0 Å². The van der Waals surface area contributed by atoms with E-state index in [1.54, 1.807) is 0 Å². The Morgan fingerprint density at radius 2 is 1.25 bits per heavy atom. The minimum Gasteiger partial charge on any atom is -0.106 e. The third kappa shape index (κ3) is 2.19. The van der Waals surface area contributed by atoms with Crippen molar-refractivity contribution in [3.05, 3.63) is 65.1 Å². The Hall–Kier alpha value is -1.50. The van der Waals surface area contributed by atoms with Gasteiger partial charge in [0, 0.05) is 0 Å². The Kier molecular flexibility index (Phi) is 3.14. The molecule has 0 atom stereocenters. The van der Waals surface area contributed by atoms with Gasteiger partial charge in [-0.05, 0) is 20.8 Å². The predicted octanol–water partition coefficient (Wildman–Crippen LogP) is 3.07. The van der Waals surface area contributed by atoms with Crippen LogP contribution in [0, 0.1) is 20.8 Å². The first-order valence-electron chi connectivity index (χ1n) is 5.78. The highest BCUT2D eigenvalue weighted by molar-refractivity contribution is 6.83. The minimum absolute atomic E-state index is 0.413. The van der Waals surface area contributed by atoms with E-state index in [9.17, 15) is 0 Å². The Balaban J connectivity index is 2.48. The zero-order valence-corrected chi connectivity index (χ0v) is 10.2. The first-order valence-corrected chi connectivity index (χ1v) is 5.78. The molecular formula is C15H17B. The lowest BCUT2D eigenvalue weighted by Gasteiger charge is -2.13. The third-order valence-corrected chi connectivity index (χ3v) is 3.04. The van der Waals surface area contributed by atoms with Crippen molar-refractivity contribution in [2.45, 2.75) is 20.8 Å². The summed E-state index contributed by atoms with van der Waals surface area (Å²) in [7, 11) is 0. The number of hydrogen-bond donors (Lipinski definition) is 0. The number of allylic oxidation sites excluding steroid dienone is 4. The van der Waals surface area contributed by atoms with Gasteiger partial charge in [-0.3, -0.25) is 0 Å². The number of benzene rings is 1. The first-order chi connectivity index (χ1) is 7.68. The quantitative estimate of drug-likeness (QED) is 0.622. The second kappa shape index (κ2) is 4.57. The van der Waals surface area contributed by atoms with E-state index in [0.29, 0.717) is 6.71 Å². The van der Waals surface area contributed by atoms with Crippen LogP contribution in [0.15, 0.2) is 48.4 Å². The Labute approximate surface area is 98.5 Å². The molecule has 1 heteroatoms. The monoisotopic (exact) mass is 208 g/mol. The molecule has 0 unspecified atom stereocenters. The average Bonchev–Trinajstić information content (AvgIpc) is 2.44. The summed E-state index contributed by atoms with van der Waals surface area (Å²) in [5.74, 6) is 4.51. The largest absolute Gasteiger partial charge is 0.227 e. The van der Waals surface area contributed by atoms with Crippen LogP contribution < -0.4 is 5.46 Å².